The molecule has 78 heavy (non-hydrogen) atoms. The molecule has 6 nitrogen and oxygen atoms in total. The van der Waals surface area contributed by atoms with Crippen molar-refractivity contribution < 1.29 is 28.6 Å². The second-order valence-electron chi connectivity index (χ2n) is 22.0. The van der Waals surface area contributed by atoms with Gasteiger partial charge in [0.1, 0.15) is 13.2 Å². The first-order valence-corrected chi connectivity index (χ1v) is 33.2. The summed E-state index contributed by atoms with van der Waals surface area (Å²) in [5.41, 5.74) is 0. The molecule has 0 rings (SSSR count). The van der Waals surface area contributed by atoms with Crippen LogP contribution in [-0.2, 0) is 28.6 Å². The van der Waals surface area contributed by atoms with E-state index in [1.54, 1.807) is 0 Å². The van der Waals surface area contributed by atoms with Crippen molar-refractivity contribution >= 4 is 17.9 Å². The Hall–Kier alpha value is -3.67. The van der Waals surface area contributed by atoms with Crippen LogP contribution in [0.2, 0.25) is 0 Å². The van der Waals surface area contributed by atoms with Gasteiger partial charge in [-0.05, 0) is 96.3 Å². The number of esters is 3. The smallest absolute Gasteiger partial charge is 0.306 e. The van der Waals surface area contributed by atoms with Gasteiger partial charge in [-0.1, -0.05) is 304 Å². The minimum atomic E-state index is -0.780. The van der Waals surface area contributed by atoms with Crippen LogP contribution in [0.25, 0.3) is 0 Å². The Bertz CT molecular complexity index is 1530. The van der Waals surface area contributed by atoms with Crippen LogP contribution in [0.1, 0.15) is 323 Å². The Morgan fingerprint density at radius 3 is 0.782 bits per heavy atom. The van der Waals surface area contributed by atoms with E-state index in [1.165, 1.54) is 167 Å². The fraction of sp³-hybridized carbons (Fsp3) is 0.736. The zero-order valence-electron chi connectivity index (χ0n) is 51.4. The van der Waals surface area contributed by atoms with Crippen LogP contribution in [0.15, 0.2) is 97.2 Å². The van der Waals surface area contributed by atoms with Crippen LogP contribution in [0.5, 0.6) is 0 Å². The first kappa shape index (κ1) is 74.3. The Balaban J connectivity index is 4.11. The largest absolute Gasteiger partial charge is 0.462 e. The fourth-order valence-corrected chi connectivity index (χ4v) is 9.43. The first-order chi connectivity index (χ1) is 38.5. The average Bonchev–Trinajstić information content (AvgIpc) is 3.44. The van der Waals surface area contributed by atoms with Gasteiger partial charge >= 0.3 is 17.9 Å². The second-order valence-corrected chi connectivity index (χ2v) is 22.0. The van der Waals surface area contributed by atoms with Crippen molar-refractivity contribution in [2.24, 2.45) is 0 Å². The molecule has 0 fully saturated rings. The maximum absolute atomic E-state index is 12.9. The third-order valence-corrected chi connectivity index (χ3v) is 14.3. The SMILES string of the molecule is CC/C=C\C/C=C\C/C=C\C/C=C\C/C=C\CCCCCCCCCCCCCCCCCCCC(=O)OCC(COC(=O)CCCCCCCCCCCC)OC(=O)CCCCCCCCC/C=C\C/C=C\C/C=C\CC. The van der Waals surface area contributed by atoms with Gasteiger partial charge in [0.2, 0.25) is 0 Å². The highest BCUT2D eigenvalue weighted by Crippen LogP contribution is 2.17. The summed E-state index contributed by atoms with van der Waals surface area (Å²) >= 11 is 0. The number of allylic oxidation sites excluding steroid dienone is 16. The minimum Gasteiger partial charge on any atom is -0.462 e. The van der Waals surface area contributed by atoms with Crippen LogP contribution >= 0.6 is 0 Å². The summed E-state index contributed by atoms with van der Waals surface area (Å²) in [6.07, 6.45) is 88.7. The van der Waals surface area contributed by atoms with Crippen molar-refractivity contribution in [1.82, 2.24) is 0 Å². The molecule has 0 heterocycles. The van der Waals surface area contributed by atoms with E-state index >= 15 is 0 Å². The van der Waals surface area contributed by atoms with Crippen molar-refractivity contribution in [1.29, 1.82) is 0 Å². The monoisotopic (exact) mass is 1080 g/mol. The highest BCUT2D eigenvalue weighted by Gasteiger charge is 2.19. The molecule has 6 heteroatoms. The summed E-state index contributed by atoms with van der Waals surface area (Å²) < 4.78 is 16.9. The molecule has 0 N–H and O–H groups in total. The molecule has 0 saturated carbocycles. The lowest BCUT2D eigenvalue weighted by Crippen LogP contribution is -2.30. The molecule has 0 aromatic carbocycles. The highest BCUT2D eigenvalue weighted by molar-refractivity contribution is 5.71. The van der Waals surface area contributed by atoms with Gasteiger partial charge in [0.25, 0.3) is 0 Å². The molecule has 0 spiro atoms. The van der Waals surface area contributed by atoms with Crippen molar-refractivity contribution in [2.75, 3.05) is 13.2 Å². The summed E-state index contributed by atoms with van der Waals surface area (Å²) in [5, 5.41) is 0. The summed E-state index contributed by atoms with van der Waals surface area (Å²) in [6.45, 7) is 6.42. The zero-order chi connectivity index (χ0) is 56.4. The van der Waals surface area contributed by atoms with Crippen LogP contribution in [0.4, 0.5) is 0 Å². The molecule has 0 saturated heterocycles. The molecule has 1 unspecified atom stereocenters. The van der Waals surface area contributed by atoms with Crippen molar-refractivity contribution in [3.8, 4) is 0 Å². The van der Waals surface area contributed by atoms with Gasteiger partial charge in [-0.3, -0.25) is 14.4 Å². The standard InChI is InChI=1S/C72H124O6/c1-4-7-10-13-16-19-22-24-26-28-29-30-31-32-33-34-35-36-37-38-39-40-41-42-43-45-46-48-50-53-56-59-62-65-71(74)77-68-69(67-76-70(73)64-61-58-55-52-21-18-15-12-9-6-3)78-72(75)66-63-60-57-54-51-49-47-44-27-25-23-20-17-14-11-8-5-2/h7-8,10-11,16-17,19-20,24-27,29-30,32-33,69H,4-6,9,12-15,18,21-23,28,31,34-68H2,1-3H3/b10-7-,11-8-,19-16-,20-17-,26-24-,27-25-,30-29-,33-32-. The molecule has 0 aromatic rings. The lowest BCUT2D eigenvalue weighted by molar-refractivity contribution is -0.167. The maximum Gasteiger partial charge on any atom is 0.306 e. The van der Waals surface area contributed by atoms with Gasteiger partial charge in [0.15, 0.2) is 6.10 Å². The van der Waals surface area contributed by atoms with Gasteiger partial charge < -0.3 is 14.2 Å². The Kier molecular flexibility index (Phi) is 62.7. The van der Waals surface area contributed by atoms with Crippen LogP contribution < -0.4 is 0 Å². The molecule has 0 radical (unpaired) electrons. The van der Waals surface area contributed by atoms with Crippen molar-refractivity contribution in [2.45, 2.75) is 329 Å². The average molecular weight is 1090 g/mol. The molecule has 0 aliphatic carbocycles. The predicted molar refractivity (Wildman–Crippen MR) is 339 cm³/mol. The summed E-state index contributed by atoms with van der Waals surface area (Å²) in [6, 6.07) is 0. The zero-order valence-corrected chi connectivity index (χ0v) is 51.4. The van der Waals surface area contributed by atoms with E-state index < -0.39 is 6.10 Å². The number of rotatable bonds is 60. The van der Waals surface area contributed by atoms with E-state index in [1.807, 2.05) is 0 Å². The number of carbonyl (C=O) groups is 3. The molecule has 0 amide bonds. The summed E-state index contributed by atoms with van der Waals surface area (Å²) in [4.78, 5) is 38.2. The third kappa shape index (κ3) is 63.2. The lowest BCUT2D eigenvalue weighted by Gasteiger charge is -2.18. The third-order valence-electron chi connectivity index (χ3n) is 14.3. The maximum atomic E-state index is 12.9. The topological polar surface area (TPSA) is 78.9 Å². The molecule has 0 bridgehead atoms. The molecular formula is C72H124O6. The molecular weight excluding hydrogens is 961 g/mol. The number of unbranched alkanes of at least 4 members (excludes halogenated alkanes) is 33. The van der Waals surface area contributed by atoms with Crippen molar-refractivity contribution in [3.05, 3.63) is 97.2 Å². The molecule has 0 aromatic heterocycles. The van der Waals surface area contributed by atoms with E-state index in [9.17, 15) is 14.4 Å². The lowest BCUT2D eigenvalue weighted by atomic mass is 10.0. The van der Waals surface area contributed by atoms with E-state index in [0.29, 0.717) is 19.3 Å². The van der Waals surface area contributed by atoms with Gasteiger partial charge in [0.05, 0.1) is 0 Å². The number of carbonyl (C=O) groups excluding carboxylic acids is 3. The van der Waals surface area contributed by atoms with E-state index in [2.05, 4.69) is 118 Å². The number of hydrogen-bond acceptors (Lipinski definition) is 6. The van der Waals surface area contributed by atoms with Crippen LogP contribution in [0.3, 0.4) is 0 Å². The molecule has 0 aliphatic heterocycles. The Morgan fingerprint density at radius 2 is 0.500 bits per heavy atom. The van der Waals surface area contributed by atoms with E-state index in [4.69, 9.17) is 14.2 Å². The molecule has 0 aliphatic rings. The van der Waals surface area contributed by atoms with Gasteiger partial charge in [-0.2, -0.15) is 0 Å². The minimum absolute atomic E-state index is 0.0769. The first-order valence-electron chi connectivity index (χ1n) is 33.2. The van der Waals surface area contributed by atoms with E-state index in [0.717, 1.165) is 116 Å². The van der Waals surface area contributed by atoms with Crippen LogP contribution in [-0.4, -0.2) is 37.2 Å². The quantitative estimate of drug-likeness (QED) is 0.0261. The Morgan fingerprint density at radius 1 is 0.269 bits per heavy atom. The van der Waals surface area contributed by atoms with Gasteiger partial charge in [-0.25, -0.2) is 0 Å². The van der Waals surface area contributed by atoms with Gasteiger partial charge in [0, 0.05) is 19.3 Å². The molecule has 448 valence electrons. The predicted octanol–water partition coefficient (Wildman–Crippen LogP) is 22.8. The van der Waals surface area contributed by atoms with Crippen molar-refractivity contribution in [3.63, 3.8) is 0 Å². The summed E-state index contributed by atoms with van der Waals surface area (Å²) in [7, 11) is 0. The number of hydrogen-bond donors (Lipinski definition) is 0. The highest BCUT2D eigenvalue weighted by atomic mass is 16.6. The van der Waals surface area contributed by atoms with Crippen LogP contribution in [0, 0.1) is 0 Å². The second kappa shape index (κ2) is 65.8. The normalized spacial score (nSPS) is 12.7. The van der Waals surface area contributed by atoms with Gasteiger partial charge in [-0.15, -0.1) is 0 Å². The molecule has 1 atom stereocenters. The van der Waals surface area contributed by atoms with E-state index in [-0.39, 0.29) is 31.1 Å². The Labute approximate surface area is 483 Å². The number of ether oxygens (including phenoxy) is 3. The fourth-order valence-electron chi connectivity index (χ4n) is 9.43. The summed E-state index contributed by atoms with van der Waals surface area (Å²) in [5.74, 6) is -0.875.